The molecule has 0 aromatic carbocycles. The molecule has 1 aromatic heterocycles. The minimum atomic E-state index is 0. The van der Waals surface area contributed by atoms with E-state index in [0.29, 0.717) is 5.92 Å². The largest absolute Gasteiger partial charge is 0.449 e. The number of nitrogens with zero attached hydrogens (tertiary/aromatic N) is 1. The summed E-state index contributed by atoms with van der Waals surface area (Å²) in [4.78, 5) is 4.09. The van der Waals surface area contributed by atoms with Crippen LogP contribution in [0.2, 0.25) is 0 Å². The maximum atomic E-state index is 5.17. The average Bonchev–Trinajstić information content (AvgIpc) is 2.59. The van der Waals surface area contributed by atoms with Gasteiger partial charge in [-0.2, -0.15) is 0 Å². The van der Waals surface area contributed by atoms with E-state index in [2.05, 4.69) is 10.3 Å². The van der Waals surface area contributed by atoms with Gasteiger partial charge in [-0.25, -0.2) is 4.98 Å². The number of nitrogens with one attached hydrogen (secondary N) is 1. The molecule has 3 nitrogen and oxygen atoms in total. The van der Waals surface area contributed by atoms with E-state index in [1.165, 1.54) is 0 Å². The highest BCUT2D eigenvalue weighted by molar-refractivity contribution is 5.85. The fourth-order valence-corrected chi connectivity index (χ4v) is 1.30. The Hall–Kier alpha value is -0.250. The Morgan fingerprint density at radius 1 is 1.50 bits per heavy atom. The highest BCUT2D eigenvalue weighted by Gasteiger charge is 2.19. The van der Waals surface area contributed by atoms with Crippen molar-refractivity contribution in [2.45, 2.75) is 12.3 Å². The first-order chi connectivity index (χ1) is 4.97. The van der Waals surface area contributed by atoms with Crippen LogP contribution in [0.3, 0.4) is 0 Å². The molecule has 1 saturated heterocycles. The average molecular weight is 211 g/mol. The van der Waals surface area contributed by atoms with Crippen LogP contribution >= 0.6 is 24.8 Å². The van der Waals surface area contributed by atoms with Gasteiger partial charge in [0, 0.05) is 12.5 Å². The summed E-state index contributed by atoms with van der Waals surface area (Å²) in [6.45, 7) is 2.10. The van der Waals surface area contributed by atoms with Gasteiger partial charge in [-0.3, -0.25) is 0 Å². The lowest BCUT2D eigenvalue weighted by Gasteiger charge is -1.99. The minimum absolute atomic E-state index is 0. The van der Waals surface area contributed by atoms with Gasteiger partial charge in [0.25, 0.3) is 0 Å². The molecule has 1 aliphatic heterocycles. The molecular weight excluding hydrogens is 199 g/mol. The molecule has 1 unspecified atom stereocenters. The quantitative estimate of drug-likeness (QED) is 0.766. The monoisotopic (exact) mass is 210 g/mol. The van der Waals surface area contributed by atoms with Crippen molar-refractivity contribution in [3.8, 4) is 0 Å². The Bertz CT molecular complexity index is 197. The predicted octanol–water partition coefficient (Wildman–Crippen LogP) is 1.60. The second-order valence-corrected chi connectivity index (χ2v) is 2.56. The van der Waals surface area contributed by atoms with Crippen molar-refractivity contribution in [2.75, 3.05) is 13.1 Å². The molecule has 0 aliphatic carbocycles. The fourth-order valence-electron chi connectivity index (χ4n) is 1.30. The smallest absolute Gasteiger partial charge is 0.198 e. The summed E-state index contributed by atoms with van der Waals surface area (Å²) in [5.41, 5.74) is 0. The molecule has 5 heteroatoms. The van der Waals surface area contributed by atoms with E-state index in [4.69, 9.17) is 4.42 Å². The van der Waals surface area contributed by atoms with Crippen LogP contribution in [-0.2, 0) is 0 Å². The van der Waals surface area contributed by atoms with Gasteiger partial charge in [0.1, 0.15) is 6.26 Å². The summed E-state index contributed by atoms with van der Waals surface area (Å²) in [7, 11) is 0. The van der Waals surface area contributed by atoms with Crippen molar-refractivity contribution >= 4 is 24.8 Å². The molecule has 2 rings (SSSR count). The molecule has 0 radical (unpaired) electrons. The van der Waals surface area contributed by atoms with Crippen molar-refractivity contribution in [2.24, 2.45) is 0 Å². The van der Waals surface area contributed by atoms with Gasteiger partial charge in [-0.1, -0.05) is 0 Å². The highest BCUT2D eigenvalue weighted by Crippen LogP contribution is 2.19. The Labute approximate surface area is 83.8 Å². The molecule has 1 atom stereocenters. The Kier molecular flexibility index (Phi) is 5.29. The zero-order valence-electron chi connectivity index (χ0n) is 6.53. The lowest BCUT2D eigenvalue weighted by Crippen LogP contribution is -2.07. The molecule has 1 aromatic rings. The zero-order chi connectivity index (χ0) is 6.81. The van der Waals surface area contributed by atoms with Crippen molar-refractivity contribution in [1.29, 1.82) is 0 Å². The number of oxazole rings is 1. The molecule has 1 N–H and O–H groups in total. The van der Waals surface area contributed by atoms with E-state index >= 15 is 0 Å². The van der Waals surface area contributed by atoms with Gasteiger partial charge >= 0.3 is 0 Å². The van der Waals surface area contributed by atoms with Crippen LogP contribution in [0.5, 0.6) is 0 Å². The van der Waals surface area contributed by atoms with Gasteiger partial charge in [0.15, 0.2) is 5.89 Å². The van der Waals surface area contributed by atoms with Gasteiger partial charge in [0.2, 0.25) is 0 Å². The first-order valence-corrected chi connectivity index (χ1v) is 3.57. The van der Waals surface area contributed by atoms with Crippen LogP contribution in [0.1, 0.15) is 18.2 Å². The third-order valence-electron chi connectivity index (χ3n) is 1.86. The van der Waals surface area contributed by atoms with Crippen LogP contribution in [0.4, 0.5) is 0 Å². The molecule has 2 heterocycles. The third kappa shape index (κ3) is 2.37. The zero-order valence-corrected chi connectivity index (χ0v) is 8.16. The topological polar surface area (TPSA) is 38.1 Å². The van der Waals surface area contributed by atoms with Crippen molar-refractivity contribution < 1.29 is 4.42 Å². The number of aromatic nitrogens is 1. The second-order valence-electron chi connectivity index (χ2n) is 2.56. The summed E-state index contributed by atoms with van der Waals surface area (Å²) in [6.07, 6.45) is 4.49. The molecule has 1 fully saturated rings. The van der Waals surface area contributed by atoms with Gasteiger partial charge in [0.05, 0.1) is 6.20 Å². The Morgan fingerprint density at radius 3 is 2.83 bits per heavy atom. The summed E-state index contributed by atoms with van der Waals surface area (Å²) < 4.78 is 5.17. The van der Waals surface area contributed by atoms with Crippen LogP contribution in [0.15, 0.2) is 16.9 Å². The number of hydrogen-bond donors (Lipinski definition) is 1. The van der Waals surface area contributed by atoms with E-state index in [0.717, 1.165) is 25.4 Å². The normalized spacial score (nSPS) is 21.2. The van der Waals surface area contributed by atoms with E-state index in [9.17, 15) is 0 Å². The van der Waals surface area contributed by atoms with E-state index in [1.807, 2.05) is 0 Å². The maximum Gasteiger partial charge on any atom is 0.198 e. The molecule has 0 spiro atoms. The Balaban J connectivity index is 0.000000605. The maximum absolute atomic E-state index is 5.17. The SMILES string of the molecule is Cl.Cl.c1coc(C2CCNC2)n1. The minimum Gasteiger partial charge on any atom is -0.449 e. The van der Waals surface area contributed by atoms with Crippen LogP contribution < -0.4 is 5.32 Å². The van der Waals surface area contributed by atoms with Crippen molar-refractivity contribution in [3.63, 3.8) is 0 Å². The highest BCUT2D eigenvalue weighted by atomic mass is 35.5. The molecule has 0 amide bonds. The predicted molar refractivity (Wildman–Crippen MR) is 51.2 cm³/mol. The first-order valence-electron chi connectivity index (χ1n) is 3.57. The van der Waals surface area contributed by atoms with Crippen LogP contribution in [0.25, 0.3) is 0 Å². The van der Waals surface area contributed by atoms with E-state index in [1.54, 1.807) is 12.5 Å². The first kappa shape index (κ1) is 11.8. The van der Waals surface area contributed by atoms with Crippen molar-refractivity contribution in [3.05, 3.63) is 18.4 Å². The fraction of sp³-hybridized carbons (Fsp3) is 0.571. The molecule has 12 heavy (non-hydrogen) atoms. The summed E-state index contributed by atoms with van der Waals surface area (Å²) in [6, 6.07) is 0. The van der Waals surface area contributed by atoms with Crippen LogP contribution in [-0.4, -0.2) is 18.1 Å². The second kappa shape index (κ2) is 5.41. The summed E-state index contributed by atoms with van der Waals surface area (Å²) >= 11 is 0. The Morgan fingerprint density at radius 2 is 2.33 bits per heavy atom. The third-order valence-corrected chi connectivity index (χ3v) is 1.86. The lowest BCUT2D eigenvalue weighted by molar-refractivity contribution is 0.457. The molecule has 1 aliphatic rings. The number of rotatable bonds is 1. The molecule has 70 valence electrons. The molecular formula is C7H12Cl2N2O. The summed E-state index contributed by atoms with van der Waals surface area (Å²) in [5.74, 6) is 1.39. The van der Waals surface area contributed by atoms with E-state index < -0.39 is 0 Å². The lowest BCUT2D eigenvalue weighted by atomic mass is 10.1. The number of halogens is 2. The standard InChI is InChI=1S/C7H10N2O.2ClH/c1-2-8-5-6(1)7-9-3-4-10-7;;/h3-4,6,8H,1-2,5H2;2*1H. The van der Waals surface area contributed by atoms with Crippen LogP contribution in [0, 0.1) is 0 Å². The van der Waals surface area contributed by atoms with E-state index in [-0.39, 0.29) is 24.8 Å². The number of hydrogen-bond acceptors (Lipinski definition) is 3. The summed E-state index contributed by atoms with van der Waals surface area (Å²) in [5, 5.41) is 3.26. The van der Waals surface area contributed by atoms with Gasteiger partial charge in [-0.15, -0.1) is 24.8 Å². The molecule has 0 saturated carbocycles. The van der Waals surface area contributed by atoms with Gasteiger partial charge in [-0.05, 0) is 13.0 Å². The van der Waals surface area contributed by atoms with Crippen molar-refractivity contribution in [1.82, 2.24) is 10.3 Å². The molecule has 0 bridgehead atoms. The van der Waals surface area contributed by atoms with Gasteiger partial charge < -0.3 is 9.73 Å².